The van der Waals surface area contributed by atoms with E-state index in [4.69, 9.17) is 0 Å². The lowest BCUT2D eigenvalue weighted by Crippen LogP contribution is -2.11. The fourth-order valence-electron chi connectivity index (χ4n) is 2.33. The summed E-state index contributed by atoms with van der Waals surface area (Å²) in [5.41, 5.74) is 2.46. The molecule has 0 heterocycles. The molecule has 0 radical (unpaired) electrons. The van der Waals surface area contributed by atoms with Crippen LogP contribution in [0.1, 0.15) is 31.2 Å². The number of rotatable bonds is 3. The highest BCUT2D eigenvalue weighted by Gasteiger charge is 2.15. The molecule has 16 heavy (non-hydrogen) atoms. The number of benzene rings is 1. The molecule has 0 bridgehead atoms. The molecule has 1 aliphatic rings. The average Bonchev–Trinajstić information content (AvgIpc) is 2.68. The van der Waals surface area contributed by atoms with Crippen LogP contribution in [0, 0.1) is 12.8 Å². The van der Waals surface area contributed by atoms with Crippen molar-refractivity contribution >= 4 is 37.5 Å². The Bertz CT molecular complexity index is 347. The Morgan fingerprint density at radius 2 is 1.75 bits per heavy atom. The zero-order valence-corrected chi connectivity index (χ0v) is 12.7. The lowest BCUT2D eigenvalue weighted by Gasteiger charge is -2.15. The molecule has 0 aliphatic heterocycles. The van der Waals surface area contributed by atoms with Crippen molar-refractivity contribution in [1.82, 2.24) is 0 Å². The number of aryl methyl sites for hydroxylation is 1. The Hall–Kier alpha value is -0.0200. The first-order chi connectivity index (χ1) is 7.66. The van der Waals surface area contributed by atoms with Crippen LogP contribution in [0.25, 0.3) is 0 Å². The van der Waals surface area contributed by atoms with Gasteiger partial charge in [-0.2, -0.15) is 0 Å². The molecule has 1 aromatic rings. The highest BCUT2D eigenvalue weighted by Crippen LogP contribution is 2.33. The number of anilines is 1. The normalized spacial score (nSPS) is 16.7. The van der Waals surface area contributed by atoms with E-state index in [0.29, 0.717) is 0 Å². The molecule has 0 spiro atoms. The monoisotopic (exact) mass is 345 g/mol. The molecule has 1 fully saturated rings. The molecule has 1 N–H and O–H groups in total. The van der Waals surface area contributed by atoms with Crippen molar-refractivity contribution < 1.29 is 0 Å². The second-order valence-electron chi connectivity index (χ2n) is 4.63. The molecule has 2 rings (SSSR count). The van der Waals surface area contributed by atoms with Gasteiger partial charge in [-0.1, -0.05) is 12.8 Å². The molecule has 0 amide bonds. The second-order valence-corrected chi connectivity index (χ2v) is 6.34. The molecular weight excluding hydrogens is 330 g/mol. The lowest BCUT2D eigenvalue weighted by atomic mass is 10.1. The maximum absolute atomic E-state index is 3.62. The molecule has 1 saturated carbocycles. The van der Waals surface area contributed by atoms with Crippen LogP contribution in [0.4, 0.5) is 5.69 Å². The van der Waals surface area contributed by atoms with Crippen molar-refractivity contribution in [2.24, 2.45) is 5.92 Å². The topological polar surface area (TPSA) is 12.0 Å². The highest BCUT2D eigenvalue weighted by molar-refractivity contribution is 9.11. The standard InChI is InChI=1S/C13H17Br2N/c1-9-6-11(14)13(12(15)7-9)16-8-10-4-2-3-5-10/h6-7,10,16H,2-5,8H2,1H3. The van der Waals surface area contributed by atoms with E-state index in [1.807, 2.05) is 0 Å². The first kappa shape index (κ1) is 12.4. The zero-order chi connectivity index (χ0) is 11.5. The number of nitrogens with one attached hydrogen (secondary N) is 1. The summed E-state index contributed by atoms with van der Waals surface area (Å²) in [6.07, 6.45) is 5.58. The van der Waals surface area contributed by atoms with Crippen LogP contribution in [-0.4, -0.2) is 6.54 Å². The molecule has 3 heteroatoms. The third-order valence-electron chi connectivity index (χ3n) is 3.23. The Kier molecular flexibility index (Phi) is 4.31. The average molecular weight is 347 g/mol. The van der Waals surface area contributed by atoms with Crippen LogP contribution < -0.4 is 5.32 Å². The SMILES string of the molecule is Cc1cc(Br)c(NCC2CCCC2)c(Br)c1. The first-order valence-electron chi connectivity index (χ1n) is 5.86. The van der Waals surface area contributed by atoms with E-state index in [1.54, 1.807) is 0 Å². The van der Waals surface area contributed by atoms with Gasteiger partial charge in [-0.3, -0.25) is 0 Å². The summed E-state index contributed by atoms with van der Waals surface area (Å²) in [7, 11) is 0. The van der Waals surface area contributed by atoms with Gasteiger partial charge in [0.2, 0.25) is 0 Å². The summed E-state index contributed by atoms with van der Waals surface area (Å²) >= 11 is 7.23. The number of hydrogen-bond acceptors (Lipinski definition) is 1. The number of halogens is 2. The van der Waals surface area contributed by atoms with Crippen molar-refractivity contribution in [2.75, 3.05) is 11.9 Å². The Morgan fingerprint density at radius 3 is 2.31 bits per heavy atom. The van der Waals surface area contributed by atoms with E-state index in [0.717, 1.165) is 21.4 Å². The van der Waals surface area contributed by atoms with Gasteiger partial charge in [-0.15, -0.1) is 0 Å². The summed E-state index contributed by atoms with van der Waals surface area (Å²) in [4.78, 5) is 0. The summed E-state index contributed by atoms with van der Waals surface area (Å²) in [6.45, 7) is 3.20. The molecule has 1 aliphatic carbocycles. The maximum Gasteiger partial charge on any atom is 0.0629 e. The first-order valence-corrected chi connectivity index (χ1v) is 7.45. The minimum absolute atomic E-state index is 0.861. The maximum atomic E-state index is 3.62. The van der Waals surface area contributed by atoms with Gasteiger partial charge < -0.3 is 5.32 Å². The number of hydrogen-bond donors (Lipinski definition) is 1. The fourth-order valence-corrected chi connectivity index (χ4v) is 4.03. The quantitative estimate of drug-likeness (QED) is 0.800. The van der Waals surface area contributed by atoms with Gasteiger partial charge in [0.15, 0.2) is 0 Å². The predicted molar refractivity (Wildman–Crippen MR) is 77.0 cm³/mol. The van der Waals surface area contributed by atoms with Gasteiger partial charge >= 0.3 is 0 Å². The van der Waals surface area contributed by atoms with Crippen LogP contribution in [0.5, 0.6) is 0 Å². The van der Waals surface area contributed by atoms with Crippen molar-refractivity contribution in [3.8, 4) is 0 Å². The largest absolute Gasteiger partial charge is 0.383 e. The summed E-state index contributed by atoms with van der Waals surface area (Å²) in [5, 5.41) is 3.56. The van der Waals surface area contributed by atoms with E-state index in [2.05, 4.69) is 56.2 Å². The predicted octanol–water partition coefficient (Wildman–Crippen LogP) is 5.12. The van der Waals surface area contributed by atoms with Crippen molar-refractivity contribution in [1.29, 1.82) is 0 Å². The van der Waals surface area contributed by atoms with Crippen LogP contribution in [0.15, 0.2) is 21.1 Å². The molecule has 0 unspecified atom stereocenters. The zero-order valence-electron chi connectivity index (χ0n) is 9.52. The molecule has 0 aromatic heterocycles. The molecule has 1 aromatic carbocycles. The van der Waals surface area contributed by atoms with E-state index >= 15 is 0 Å². The third kappa shape index (κ3) is 3.01. The minimum atomic E-state index is 0.861. The van der Waals surface area contributed by atoms with Crippen LogP contribution in [0.2, 0.25) is 0 Å². The summed E-state index contributed by atoms with van der Waals surface area (Å²) < 4.78 is 2.30. The Labute approximate surface area is 114 Å². The van der Waals surface area contributed by atoms with Gasteiger partial charge in [0.1, 0.15) is 0 Å². The fraction of sp³-hybridized carbons (Fsp3) is 0.538. The van der Waals surface area contributed by atoms with Crippen molar-refractivity contribution in [3.05, 3.63) is 26.6 Å². The minimum Gasteiger partial charge on any atom is -0.383 e. The lowest BCUT2D eigenvalue weighted by molar-refractivity contribution is 0.579. The van der Waals surface area contributed by atoms with E-state index in [-0.39, 0.29) is 0 Å². The highest BCUT2D eigenvalue weighted by atomic mass is 79.9. The molecule has 0 saturated heterocycles. The van der Waals surface area contributed by atoms with Crippen LogP contribution in [0.3, 0.4) is 0 Å². The Morgan fingerprint density at radius 1 is 1.19 bits per heavy atom. The van der Waals surface area contributed by atoms with Crippen molar-refractivity contribution in [2.45, 2.75) is 32.6 Å². The summed E-state index contributed by atoms with van der Waals surface area (Å²) in [5.74, 6) is 0.861. The van der Waals surface area contributed by atoms with Gasteiger partial charge in [0.25, 0.3) is 0 Å². The molecule has 88 valence electrons. The molecular formula is C13H17Br2N. The van der Waals surface area contributed by atoms with Gasteiger partial charge in [0, 0.05) is 15.5 Å². The molecule has 1 nitrogen and oxygen atoms in total. The van der Waals surface area contributed by atoms with E-state index in [1.165, 1.54) is 36.9 Å². The molecule has 0 atom stereocenters. The van der Waals surface area contributed by atoms with Crippen molar-refractivity contribution in [3.63, 3.8) is 0 Å². The van der Waals surface area contributed by atoms with E-state index in [9.17, 15) is 0 Å². The van der Waals surface area contributed by atoms with Gasteiger partial charge in [-0.25, -0.2) is 0 Å². The van der Waals surface area contributed by atoms with Crippen LogP contribution in [-0.2, 0) is 0 Å². The van der Waals surface area contributed by atoms with Gasteiger partial charge in [-0.05, 0) is 75.2 Å². The van der Waals surface area contributed by atoms with E-state index < -0.39 is 0 Å². The second kappa shape index (κ2) is 5.54. The smallest absolute Gasteiger partial charge is 0.0629 e. The van der Waals surface area contributed by atoms with Crippen LogP contribution >= 0.6 is 31.9 Å². The third-order valence-corrected chi connectivity index (χ3v) is 4.48. The van der Waals surface area contributed by atoms with Gasteiger partial charge in [0.05, 0.1) is 5.69 Å². The Balaban J connectivity index is 2.03. The summed E-state index contributed by atoms with van der Waals surface area (Å²) in [6, 6.07) is 4.31.